The van der Waals surface area contributed by atoms with E-state index in [0.29, 0.717) is 6.07 Å². The number of carbonyl (C=O) groups excluding carboxylic acids is 1. The van der Waals surface area contributed by atoms with Crippen LogP contribution in [0.5, 0.6) is 0 Å². The van der Waals surface area contributed by atoms with Crippen LogP contribution in [0.4, 0.5) is 17.6 Å². The number of halogens is 4. The predicted octanol–water partition coefficient (Wildman–Crippen LogP) is 1.01. The van der Waals surface area contributed by atoms with Crippen LogP contribution in [0.1, 0.15) is 11.1 Å². The highest BCUT2D eigenvalue weighted by Gasteiger charge is 2.33. The number of amides is 1. The Balaban J connectivity index is 2.09. The molecular weight excluding hydrogens is 334 g/mol. The Morgan fingerprint density at radius 3 is 2.54 bits per heavy atom. The Bertz CT molecular complexity index is 871. The zero-order chi connectivity index (χ0) is 17.9. The smallest absolute Gasteiger partial charge is 0.350 e. The van der Waals surface area contributed by atoms with Crippen molar-refractivity contribution in [3.05, 3.63) is 68.2 Å². The van der Waals surface area contributed by atoms with Crippen LogP contribution in [0.15, 0.2) is 40.1 Å². The molecule has 2 rings (SSSR count). The molecule has 6 nitrogen and oxygen atoms in total. The van der Waals surface area contributed by atoms with E-state index in [9.17, 15) is 31.9 Å². The molecule has 0 saturated carbocycles. The van der Waals surface area contributed by atoms with Gasteiger partial charge in [-0.1, -0.05) is 6.07 Å². The SMILES string of the molecule is O=C(Cn1ccc(=O)[nH]c1=O)NCc1ccc(F)cc1C(F)(F)F. The summed E-state index contributed by atoms with van der Waals surface area (Å²) in [5.41, 5.74) is -2.97. The maximum atomic E-state index is 13.0. The number of aromatic nitrogens is 2. The van der Waals surface area contributed by atoms with E-state index in [1.807, 2.05) is 4.98 Å². The highest BCUT2D eigenvalue weighted by molar-refractivity contribution is 5.75. The maximum absolute atomic E-state index is 13.0. The fourth-order valence-electron chi connectivity index (χ4n) is 1.94. The quantitative estimate of drug-likeness (QED) is 0.812. The van der Waals surface area contributed by atoms with E-state index in [4.69, 9.17) is 0 Å². The Morgan fingerprint density at radius 2 is 1.92 bits per heavy atom. The minimum atomic E-state index is -4.77. The first-order valence-corrected chi connectivity index (χ1v) is 6.59. The van der Waals surface area contributed by atoms with Gasteiger partial charge in [0.25, 0.3) is 5.56 Å². The van der Waals surface area contributed by atoms with Gasteiger partial charge in [0.15, 0.2) is 0 Å². The number of H-pyrrole nitrogens is 1. The molecule has 2 aromatic rings. The van der Waals surface area contributed by atoms with E-state index in [2.05, 4.69) is 5.32 Å². The zero-order valence-corrected chi connectivity index (χ0v) is 12.0. The molecule has 0 aliphatic heterocycles. The van der Waals surface area contributed by atoms with E-state index in [0.717, 1.165) is 29.0 Å². The van der Waals surface area contributed by atoms with Gasteiger partial charge in [-0.05, 0) is 17.7 Å². The van der Waals surface area contributed by atoms with Gasteiger partial charge in [-0.25, -0.2) is 9.18 Å². The second kappa shape index (κ2) is 6.69. The van der Waals surface area contributed by atoms with Crippen LogP contribution in [0, 0.1) is 5.82 Å². The van der Waals surface area contributed by atoms with Gasteiger partial charge in [-0.2, -0.15) is 13.2 Å². The van der Waals surface area contributed by atoms with Crippen LogP contribution in [0.2, 0.25) is 0 Å². The molecule has 1 aromatic carbocycles. The van der Waals surface area contributed by atoms with Gasteiger partial charge in [0, 0.05) is 18.8 Å². The molecule has 2 N–H and O–H groups in total. The number of aromatic amines is 1. The average Bonchev–Trinajstić information content (AvgIpc) is 2.48. The third kappa shape index (κ3) is 4.31. The van der Waals surface area contributed by atoms with Crippen LogP contribution >= 0.6 is 0 Å². The van der Waals surface area contributed by atoms with E-state index in [1.165, 1.54) is 0 Å². The van der Waals surface area contributed by atoms with Crippen molar-refractivity contribution in [2.75, 3.05) is 0 Å². The molecule has 10 heteroatoms. The fourth-order valence-corrected chi connectivity index (χ4v) is 1.94. The van der Waals surface area contributed by atoms with E-state index in [-0.39, 0.29) is 5.56 Å². The van der Waals surface area contributed by atoms with E-state index < -0.39 is 47.8 Å². The van der Waals surface area contributed by atoms with Crippen molar-refractivity contribution in [3.8, 4) is 0 Å². The summed E-state index contributed by atoms with van der Waals surface area (Å²) in [6.45, 7) is -0.982. The summed E-state index contributed by atoms with van der Waals surface area (Å²) in [7, 11) is 0. The van der Waals surface area contributed by atoms with E-state index in [1.54, 1.807) is 0 Å². The lowest BCUT2D eigenvalue weighted by Crippen LogP contribution is -2.35. The number of hydrogen-bond acceptors (Lipinski definition) is 3. The summed E-state index contributed by atoms with van der Waals surface area (Å²) in [5, 5.41) is 2.21. The van der Waals surface area contributed by atoms with Crippen molar-refractivity contribution in [1.82, 2.24) is 14.9 Å². The third-order valence-electron chi connectivity index (χ3n) is 3.06. The Morgan fingerprint density at radius 1 is 1.21 bits per heavy atom. The van der Waals surface area contributed by atoms with Crippen molar-refractivity contribution in [2.24, 2.45) is 0 Å². The topological polar surface area (TPSA) is 84.0 Å². The summed E-state index contributed by atoms with van der Waals surface area (Å²) in [6.07, 6.45) is -3.68. The fraction of sp³-hybridized carbons (Fsp3) is 0.214. The van der Waals surface area contributed by atoms with Gasteiger partial charge < -0.3 is 5.32 Å². The number of nitrogens with one attached hydrogen (secondary N) is 2. The van der Waals surface area contributed by atoms with Crippen LogP contribution < -0.4 is 16.6 Å². The average molecular weight is 345 g/mol. The molecule has 1 heterocycles. The van der Waals surface area contributed by atoms with Crippen molar-refractivity contribution in [1.29, 1.82) is 0 Å². The standard InChI is InChI=1S/C14H11F4N3O3/c15-9-2-1-8(10(5-9)14(16,17)18)6-19-12(23)7-21-4-3-11(22)20-13(21)24/h1-5H,6-7H2,(H,19,23)(H,20,22,24). The monoisotopic (exact) mass is 345 g/mol. The van der Waals surface area contributed by atoms with E-state index >= 15 is 0 Å². The Kier molecular flexibility index (Phi) is 4.86. The number of rotatable bonds is 4. The molecule has 1 amide bonds. The molecule has 0 saturated heterocycles. The highest BCUT2D eigenvalue weighted by atomic mass is 19.4. The van der Waals surface area contributed by atoms with Crippen molar-refractivity contribution >= 4 is 5.91 Å². The summed E-state index contributed by atoms with van der Waals surface area (Å²) < 4.78 is 52.4. The minimum absolute atomic E-state index is 0.314. The molecule has 0 aliphatic carbocycles. The van der Waals surface area contributed by atoms with Gasteiger partial charge >= 0.3 is 11.9 Å². The number of alkyl halides is 3. The predicted molar refractivity (Wildman–Crippen MR) is 74.6 cm³/mol. The van der Waals surface area contributed by atoms with Gasteiger partial charge in [0.05, 0.1) is 5.56 Å². The lowest BCUT2D eigenvalue weighted by Gasteiger charge is -2.14. The summed E-state index contributed by atoms with van der Waals surface area (Å²) in [5.74, 6) is -1.79. The molecule has 128 valence electrons. The second-order valence-electron chi connectivity index (χ2n) is 4.81. The minimum Gasteiger partial charge on any atom is -0.350 e. The summed E-state index contributed by atoms with van der Waals surface area (Å²) >= 11 is 0. The molecule has 0 radical (unpaired) electrons. The molecular formula is C14H11F4N3O3. The largest absolute Gasteiger partial charge is 0.416 e. The number of benzene rings is 1. The van der Waals surface area contributed by atoms with Gasteiger partial charge in [0.2, 0.25) is 5.91 Å². The van der Waals surface area contributed by atoms with Crippen molar-refractivity contribution in [2.45, 2.75) is 19.3 Å². The van der Waals surface area contributed by atoms with Gasteiger partial charge in [-0.15, -0.1) is 0 Å². The molecule has 0 aliphatic rings. The van der Waals surface area contributed by atoms with Crippen LogP contribution in [0.3, 0.4) is 0 Å². The summed E-state index contributed by atoms with van der Waals surface area (Å²) in [6, 6.07) is 3.14. The number of nitrogens with zero attached hydrogens (tertiary/aromatic N) is 1. The third-order valence-corrected chi connectivity index (χ3v) is 3.06. The Labute approximate surface area is 131 Å². The lowest BCUT2D eigenvalue weighted by atomic mass is 10.1. The normalized spacial score (nSPS) is 11.3. The number of carbonyl (C=O) groups is 1. The molecule has 0 spiro atoms. The van der Waals surface area contributed by atoms with Crippen LogP contribution in [-0.4, -0.2) is 15.5 Å². The first-order chi connectivity index (χ1) is 11.2. The van der Waals surface area contributed by atoms with Crippen LogP contribution in [-0.2, 0) is 24.1 Å². The lowest BCUT2D eigenvalue weighted by molar-refractivity contribution is -0.138. The summed E-state index contributed by atoms with van der Waals surface area (Å²) in [4.78, 5) is 36.0. The molecule has 0 unspecified atom stereocenters. The Hall–Kier alpha value is -2.91. The van der Waals surface area contributed by atoms with Crippen molar-refractivity contribution < 1.29 is 22.4 Å². The first-order valence-electron chi connectivity index (χ1n) is 6.59. The first kappa shape index (κ1) is 17.4. The zero-order valence-electron chi connectivity index (χ0n) is 12.0. The van der Waals surface area contributed by atoms with Gasteiger partial charge in [0.1, 0.15) is 12.4 Å². The van der Waals surface area contributed by atoms with Gasteiger partial charge in [-0.3, -0.25) is 19.1 Å². The molecule has 0 atom stereocenters. The van der Waals surface area contributed by atoms with Crippen molar-refractivity contribution in [3.63, 3.8) is 0 Å². The van der Waals surface area contributed by atoms with Crippen LogP contribution in [0.25, 0.3) is 0 Å². The molecule has 0 fully saturated rings. The second-order valence-corrected chi connectivity index (χ2v) is 4.81. The number of hydrogen-bond donors (Lipinski definition) is 2. The molecule has 1 aromatic heterocycles. The molecule has 0 bridgehead atoms. The molecule has 24 heavy (non-hydrogen) atoms. The highest BCUT2D eigenvalue weighted by Crippen LogP contribution is 2.32. The maximum Gasteiger partial charge on any atom is 0.416 e.